The van der Waals surface area contributed by atoms with E-state index in [1.165, 1.54) is 28.0 Å². The molecule has 2 aliphatic heterocycles. The van der Waals surface area contributed by atoms with E-state index in [0.717, 1.165) is 19.5 Å². The smallest absolute Gasteiger partial charge is 0.0524 e. The molecule has 0 bridgehead atoms. The van der Waals surface area contributed by atoms with Crippen LogP contribution in [0.5, 0.6) is 0 Å². The topological polar surface area (TPSA) is 41.3 Å². The van der Waals surface area contributed by atoms with Gasteiger partial charge in [0.25, 0.3) is 0 Å². The first-order valence-corrected chi connectivity index (χ1v) is 7.44. The maximum Gasteiger partial charge on any atom is 0.0524 e. The summed E-state index contributed by atoms with van der Waals surface area (Å²) in [5.74, 6) is 0. The monoisotopic (exact) mass is 271 g/mol. The van der Waals surface area contributed by atoms with E-state index in [9.17, 15) is 0 Å². The zero-order valence-electron chi connectivity index (χ0n) is 12.8. The molecule has 0 unspecified atom stereocenters. The first-order valence-electron chi connectivity index (χ1n) is 7.44. The number of piperidine rings is 1. The van der Waals surface area contributed by atoms with Crippen LogP contribution in [0.4, 0.5) is 5.69 Å². The molecule has 0 saturated carbocycles. The summed E-state index contributed by atoms with van der Waals surface area (Å²) in [7, 11) is 2.17. The Bertz CT molecular complexity index is 564. The number of likely N-dealkylation sites (tertiary alicyclic amines) is 1. The minimum atomic E-state index is 0.0212. The number of nitrogens with zero attached hydrogens (tertiary/aromatic N) is 1. The van der Waals surface area contributed by atoms with Crippen molar-refractivity contribution in [2.45, 2.75) is 31.7 Å². The average Bonchev–Trinajstić information content (AvgIpc) is 2.66. The van der Waals surface area contributed by atoms with Crippen LogP contribution < -0.4 is 11.1 Å². The summed E-state index contributed by atoms with van der Waals surface area (Å²) in [6.07, 6.45) is 0.979. The van der Waals surface area contributed by atoms with Gasteiger partial charge in [0.15, 0.2) is 0 Å². The normalized spacial score (nSPS) is 29.0. The number of rotatable bonds is 2. The Balaban J connectivity index is 2.19. The summed E-state index contributed by atoms with van der Waals surface area (Å²) in [5, 5.41) is 3.76. The number of hydrogen-bond acceptors (Lipinski definition) is 3. The molecule has 1 aromatic rings. The zero-order valence-corrected chi connectivity index (χ0v) is 12.8. The highest BCUT2D eigenvalue weighted by atomic mass is 15.2. The lowest BCUT2D eigenvalue weighted by Crippen LogP contribution is -2.54. The van der Waals surface area contributed by atoms with Gasteiger partial charge < -0.3 is 16.0 Å². The lowest BCUT2D eigenvalue weighted by molar-refractivity contribution is 0.232. The van der Waals surface area contributed by atoms with Crippen molar-refractivity contribution in [3.05, 3.63) is 41.0 Å². The maximum atomic E-state index is 5.96. The second-order valence-electron chi connectivity index (χ2n) is 6.51. The lowest BCUT2D eigenvalue weighted by Gasteiger charge is -2.45. The molecule has 3 heteroatoms. The number of aryl methyl sites for hydroxylation is 2. The van der Waals surface area contributed by atoms with Crippen molar-refractivity contribution >= 4 is 5.69 Å². The van der Waals surface area contributed by atoms with Crippen LogP contribution in [-0.2, 0) is 5.41 Å². The number of nitrogens with one attached hydrogen (secondary N) is 1. The summed E-state index contributed by atoms with van der Waals surface area (Å²) in [6.45, 7) is 11.5. The third kappa shape index (κ3) is 1.73. The van der Waals surface area contributed by atoms with E-state index >= 15 is 0 Å². The Morgan fingerprint density at radius 3 is 2.90 bits per heavy atom. The second-order valence-corrected chi connectivity index (χ2v) is 6.51. The number of nitrogens with two attached hydrogens (primary N) is 1. The molecule has 0 radical (unpaired) electrons. The van der Waals surface area contributed by atoms with Crippen molar-refractivity contribution in [1.82, 2.24) is 4.90 Å². The van der Waals surface area contributed by atoms with Crippen LogP contribution >= 0.6 is 0 Å². The van der Waals surface area contributed by atoms with Gasteiger partial charge >= 0.3 is 0 Å². The summed E-state index contributed by atoms with van der Waals surface area (Å²) >= 11 is 0. The number of likely N-dealkylation sites (N-methyl/N-ethyl adjacent to an activating group) is 1. The fourth-order valence-electron chi connectivity index (χ4n) is 4.19. The van der Waals surface area contributed by atoms with E-state index < -0.39 is 0 Å². The van der Waals surface area contributed by atoms with E-state index in [2.05, 4.69) is 49.8 Å². The molecule has 2 aliphatic rings. The fraction of sp³-hybridized carbons (Fsp3) is 0.529. The van der Waals surface area contributed by atoms with Crippen molar-refractivity contribution in [3.63, 3.8) is 0 Å². The molecule has 1 saturated heterocycles. The Kier molecular flexibility index (Phi) is 3.14. The van der Waals surface area contributed by atoms with Crippen molar-refractivity contribution < 1.29 is 0 Å². The van der Waals surface area contributed by atoms with Crippen LogP contribution in [0.1, 0.15) is 23.1 Å². The first kappa shape index (κ1) is 13.7. The molecule has 3 N–H and O–H groups in total. The lowest BCUT2D eigenvalue weighted by atomic mass is 9.66. The van der Waals surface area contributed by atoms with Crippen LogP contribution in [-0.4, -0.2) is 37.6 Å². The quantitative estimate of drug-likeness (QED) is 0.810. The van der Waals surface area contributed by atoms with E-state index in [1.54, 1.807) is 0 Å². The third-order valence-corrected chi connectivity index (χ3v) is 5.00. The number of hydrogen-bond donors (Lipinski definition) is 2. The first-order chi connectivity index (χ1) is 9.49. The molecule has 108 valence electrons. The molecule has 2 atom stereocenters. The van der Waals surface area contributed by atoms with Gasteiger partial charge in [-0.15, -0.1) is 0 Å². The molecule has 20 heavy (non-hydrogen) atoms. The average molecular weight is 271 g/mol. The van der Waals surface area contributed by atoms with Gasteiger partial charge in [0.1, 0.15) is 0 Å². The molecule has 0 amide bonds. The van der Waals surface area contributed by atoms with E-state index in [0.29, 0.717) is 12.6 Å². The molecule has 3 rings (SSSR count). The van der Waals surface area contributed by atoms with Crippen LogP contribution in [0, 0.1) is 13.8 Å². The van der Waals surface area contributed by atoms with Crippen molar-refractivity contribution in [2.75, 3.05) is 32.0 Å². The van der Waals surface area contributed by atoms with Gasteiger partial charge in [0.2, 0.25) is 0 Å². The van der Waals surface area contributed by atoms with Gasteiger partial charge in [-0.25, -0.2) is 0 Å². The Labute approximate surface area is 121 Å². The molecule has 2 heterocycles. The highest BCUT2D eigenvalue weighted by molar-refractivity contribution is 5.70. The van der Waals surface area contributed by atoms with Crippen LogP contribution in [0.15, 0.2) is 24.3 Å². The zero-order chi connectivity index (χ0) is 14.5. The third-order valence-electron chi connectivity index (χ3n) is 5.00. The fourth-order valence-corrected chi connectivity index (χ4v) is 4.19. The van der Waals surface area contributed by atoms with Crippen LogP contribution in [0.3, 0.4) is 0 Å². The molecular weight excluding hydrogens is 246 g/mol. The largest absolute Gasteiger partial charge is 0.379 e. The SMILES string of the molecule is C=C1CN(C)C[C@@H]2Nc3c(C)cc(C)cc3[C@]12CCN. The summed E-state index contributed by atoms with van der Waals surface area (Å²) in [5.41, 5.74) is 12.7. The predicted octanol–water partition coefficient (Wildman–Crippen LogP) is 2.19. The molecule has 0 aliphatic carbocycles. The Morgan fingerprint density at radius 1 is 1.45 bits per heavy atom. The van der Waals surface area contributed by atoms with Gasteiger partial charge in [-0.2, -0.15) is 0 Å². The highest BCUT2D eigenvalue weighted by Gasteiger charge is 2.51. The number of anilines is 1. The van der Waals surface area contributed by atoms with Crippen molar-refractivity contribution in [3.8, 4) is 0 Å². The molecule has 1 fully saturated rings. The second kappa shape index (κ2) is 4.61. The van der Waals surface area contributed by atoms with Crippen molar-refractivity contribution in [2.24, 2.45) is 5.73 Å². The van der Waals surface area contributed by atoms with Gasteiger partial charge in [-0.3, -0.25) is 0 Å². The van der Waals surface area contributed by atoms with E-state index in [-0.39, 0.29) is 5.41 Å². The summed E-state index contributed by atoms with van der Waals surface area (Å²) in [6, 6.07) is 4.99. The molecule has 0 aromatic heterocycles. The predicted molar refractivity (Wildman–Crippen MR) is 85.3 cm³/mol. The minimum absolute atomic E-state index is 0.0212. The Morgan fingerprint density at radius 2 is 2.20 bits per heavy atom. The number of benzene rings is 1. The van der Waals surface area contributed by atoms with Gasteiger partial charge in [0, 0.05) is 24.2 Å². The molecular formula is C17H25N3. The molecule has 1 aromatic carbocycles. The molecule has 0 spiro atoms. The van der Waals surface area contributed by atoms with Crippen LogP contribution in [0.2, 0.25) is 0 Å². The van der Waals surface area contributed by atoms with Crippen LogP contribution in [0.25, 0.3) is 0 Å². The maximum absolute atomic E-state index is 5.96. The Hall–Kier alpha value is -1.32. The summed E-state index contributed by atoms with van der Waals surface area (Å²) in [4.78, 5) is 2.35. The standard InChI is InChI=1S/C17H25N3/c1-11-7-12(2)16-14(8-11)17(5-6-18)13(3)9-20(4)10-15(17)19-16/h7-8,15,19H,3,5-6,9-10,18H2,1-2,4H3/t15-,17-/m0/s1. The van der Waals surface area contributed by atoms with Gasteiger partial charge in [-0.05, 0) is 45.0 Å². The summed E-state index contributed by atoms with van der Waals surface area (Å²) < 4.78 is 0. The minimum Gasteiger partial charge on any atom is -0.379 e. The van der Waals surface area contributed by atoms with Gasteiger partial charge in [0.05, 0.1) is 6.04 Å². The highest BCUT2D eigenvalue weighted by Crippen LogP contribution is 2.51. The van der Waals surface area contributed by atoms with Crippen molar-refractivity contribution in [1.29, 1.82) is 0 Å². The number of fused-ring (bicyclic) bond motifs is 3. The van der Waals surface area contributed by atoms with E-state index in [1.807, 2.05) is 0 Å². The molecule has 3 nitrogen and oxygen atoms in total. The van der Waals surface area contributed by atoms with Gasteiger partial charge in [-0.1, -0.05) is 29.8 Å². The van der Waals surface area contributed by atoms with E-state index in [4.69, 9.17) is 5.73 Å².